The molecule has 1 aromatic heterocycles. The molecular formula is C11H18N2OS2. The highest BCUT2D eigenvalue weighted by Crippen LogP contribution is 2.31. The lowest BCUT2D eigenvalue weighted by Gasteiger charge is -2.28. The zero-order valence-corrected chi connectivity index (χ0v) is 11.5. The predicted molar refractivity (Wildman–Crippen MR) is 70.9 cm³/mol. The van der Waals surface area contributed by atoms with Gasteiger partial charge in [0.2, 0.25) is 5.91 Å². The molecule has 0 saturated carbocycles. The van der Waals surface area contributed by atoms with Crippen molar-refractivity contribution >= 4 is 29.0 Å². The van der Waals surface area contributed by atoms with E-state index in [9.17, 15) is 4.79 Å². The van der Waals surface area contributed by atoms with Crippen LogP contribution in [0.1, 0.15) is 20.3 Å². The molecule has 0 fully saturated rings. The molecule has 0 saturated heterocycles. The van der Waals surface area contributed by atoms with Crippen molar-refractivity contribution in [1.29, 1.82) is 0 Å². The summed E-state index contributed by atoms with van der Waals surface area (Å²) in [6.45, 7) is 3.96. The number of nitrogens with two attached hydrogens (primary N) is 1. The highest BCUT2D eigenvalue weighted by molar-refractivity contribution is 8.01. The molecule has 0 aliphatic carbocycles. The third kappa shape index (κ3) is 3.50. The normalized spacial score (nSPS) is 16.7. The van der Waals surface area contributed by atoms with Crippen molar-refractivity contribution in [1.82, 2.24) is 5.32 Å². The summed E-state index contributed by atoms with van der Waals surface area (Å²) in [5.74, 6) is -0.298. The Hall–Kier alpha value is -0.520. The van der Waals surface area contributed by atoms with Crippen molar-refractivity contribution in [2.75, 3.05) is 7.05 Å². The molecule has 3 nitrogen and oxygen atoms in total. The van der Waals surface area contributed by atoms with Gasteiger partial charge in [0.1, 0.15) is 0 Å². The van der Waals surface area contributed by atoms with E-state index in [1.807, 2.05) is 13.0 Å². The molecule has 0 radical (unpaired) electrons. The molecule has 0 bridgehead atoms. The lowest BCUT2D eigenvalue weighted by Crippen LogP contribution is -2.52. The largest absolute Gasteiger partial charge is 0.368 e. The van der Waals surface area contributed by atoms with Crippen molar-refractivity contribution in [2.24, 2.45) is 5.73 Å². The lowest BCUT2D eigenvalue weighted by atomic mass is 9.95. The smallest absolute Gasteiger partial charge is 0.237 e. The number of carbonyl (C=O) groups excluding carboxylic acids is 1. The molecule has 2 atom stereocenters. The molecule has 1 rings (SSSR count). The van der Waals surface area contributed by atoms with Crippen LogP contribution < -0.4 is 11.1 Å². The fourth-order valence-electron chi connectivity index (χ4n) is 1.47. The summed E-state index contributed by atoms with van der Waals surface area (Å²) in [5, 5.41) is 5.41. The van der Waals surface area contributed by atoms with Crippen LogP contribution in [0, 0.1) is 0 Å². The third-order valence-corrected chi connectivity index (χ3v) is 4.78. The Morgan fingerprint density at radius 2 is 2.44 bits per heavy atom. The van der Waals surface area contributed by atoms with Crippen LogP contribution in [0.3, 0.4) is 0 Å². The second-order valence-electron chi connectivity index (χ2n) is 4.01. The highest BCUT2D eigenvalue weighted by atomic mass is 32.2. The SMILES string of the molecule is CNC(C)(CC(C)Sc1cccs1)C(N)=O. The minimum atomic E-state index is -0.621. The fourth-order valence-corrected chi connectivity index (χ4v) is 3.77. The number of rotatable bonds is 6. The first kappa shape index (κ1) is 13.5. The van der Waals surface area contributed by atoms with Crippen LogP contribution in [0.2, 0.25) is 0 Å². The second kappa shape index (κ2) is 5.70. The quantitative estimate of drug-likeness (QED) is 0.768. The molecule has 0 aliphatic rings. The van der Waals surface area contributed by atoms with Gasteiger partial charge in [-0.05, 0) is 31.8 Å². The van der Waals surface area contributed by atoms with Crippen LogP contribution in [0.25, 0.3) is 0 Å². The van der Waals surface area contributed by atoms with Crippen LogP contribution >= 0.6 is 23.1 Å². The van der Waals surface area contributed by atoms with Gasteiger partial charge in [-0.3, -0.25) is 4.79 Å². The van der Waals surface area contributed by atoms with E-state index in [1.54, 1.807) is 30.1 Å². The number of thiophene rings is 1. The number of thioether (sulfide) groups is 1. The van der Waals surface area contributed by atoms with Gasteiger partial charge in [0, 0.05) is 5.25 Å². The monoisotopic (exact) mass is 258 g/mol. The number of hydrogen-bond acceptors (Lipinski definition) is 4. The maximum atomic E-state index is 11.3. The number of carbonyl (C=O) groups is 1. The molecule has 1 amide bonds. The number of amides is 1. The average molecular weight is 258 g/mol. The van der Waals surface area contributed by atoms with Crippen LogP contribution in [0.4, 0.5) is 0 Å². The van der Waals surface area contributed by atoms with E-state index < -0.39 is 5.54 Å². The Kier molecular flexibility index (Phi) is 4.83. The Balaban J connectivity index is 2.56. The highest BCUT2D eigenvalue weighted by Gasteiger charge is 2.31. The molecule has 90 valence electrons. The molecule has 3 N–H and O–H groups in total. The second-order valence-corrected chi connectivity index (χ2v) is 6.70. The first-order chi connectivity index (χ1) is 7.48. The summed E-state index contributed by atoms with van der Waals surface area (Å²) in [7, 11) is 1.77. The minimum absolute atomic E-state index is 0.298. The van der Waals surface area contributed by atoms with Crippen LogP contribution in [-0.2, 0) is 4.79 Å². The molecule has 2 unspecified atom stereocenters. The third-order valence-electron chi connectivity index (χ3n) is 2.60. The summed E-state index contributed by atoms with van der Waals surface area (Å²) in [6.07, 6.45) is 0.724. The van der Waals surface area contributed by atoms with Crippen LogP contribution in [0.5, 0.6) is 0 Å². The zero-order chi connectivity index (χ0) is 12.2. The lowest BCUT2D eigenvalue weighted by molar-refractivity contribution is -0.123. The van der Waals surface area contributed by atoms with Crippen molar-refractivity contribution in [2.45, 2.75) is 35.3 Å². The predicted octanol–water partition coefficient (Wildman–Crippen LogP) is 2.08. The van der Waals surface area contributed by atoms with Crippen molar-refractivity contribution in [3.8, 4) is 0 Å². The number of likely N-dealkylation sites (N-methyl/N-ethyl adjacent to an activating group) is 1. The van der Waals surface area contributed by atoms with Gasteiger partial charge in [-0.25, -0.2) is 0 Å². The molecule has 0 aromatic carbocycles. The Bertz CT molecular complexity index is 340. The zero-order valence-electron chi connectivity index (χ0n) is 9.82. The number of nitrogens with one attached hydrogen (secondary N) is 1. The van der Waals surface area contributed by atoms with E-state index in [2.05, 4.69) is 23.7 Å². The Morgan fingerprint density at radius 3 is 2.88 bits per heavy atom. The molecule has 16 heavy (non-hydrogen) atoms. The van der Waals surface area contributed by atoms with E-state index >= 15 is 0 Å². The van der Waals surface area contributed by atoms with Gasteiger partial charge in [-0.15, -0.1) is 23.1 Å². The van der Waals surface area contributed by atoms with Gasteiger partial charge in [0.25, 0.3) is 0 Å². The summed E-state index contributed by atoms with van der Waals surface area (Å²) in [6, 6.07) is 4.12. The van der Waals surface area contributed by atoms with E-state index in [1.165, 1.54) is 4.21 Å². The summed E-state index contributed by atoms with van der Waals surface area (Å²) in [5.41, 5.74) is 4.77. The summed E-state index contributed by atoms with van der Waals surface area (Å²) >= 11 is 3.50. The first-order valence-electron chi connectivity index (χ1n) is 5.17. The van der Waals surface area contributed by atoms with E-state index in [4.69, 9.17) is 5.73 Å². The van der Waals surface area contributed by atoms with E-state index in [0.29, 0.717) is 5.25 Å². The standard InChI is InChI=1S/C11H18N2OS2/c1-8(16-9-5-4-6-15-9)7-11(2,13-3)10(12)14/h4-6,8,13H,7H2,1-3H3,(H2,12,14). The fraction of sp³-hybridized carbons (Fsp3) is 0.545. The molecule has 1 aromatic rings. The maximum Gasteiger partial charge on any atom is 0.237 e. The minimum Gasteiger partial charge on any atom is -0.368 e. The topological polar surface area (TPSA) is 55.1 Å². The Labute approximate surface area is 105 Å². The first-order valence-corrected chi connectivity index (χ1v) is 6.93. The van der Waals surface area contributed by atoms with Gasteiger partial charge in [-0.2, -0.15) is 0 Å². The molecule has 0 spiro atoms. The average Bonchev–Trinajstić information content (AvgIpc) is 2.69. The maximum absolute atomic E-state index is 11.3. The molecule has 5 heteroatoms. The number of primary amides is 1. The Morgan fingerprint density at radius 1 is 1.75 bits per heavy atom. The van der Waals surface area contributed by atoms with Gasteiger partial charge >= 0.3 is 0 Å². The van der Waals surface area contributed by atoms with Crippen molar-refractivity contribution in [3.63, 3.8) is 0 Å². The van der Waals surface area contributed by atoms with Gasteiger partial charge < -0.3 is 11.1 Å². The van der Waals surface area contributed by atoms with Crippen LogP contribution in [0.15, 0.2) is 21.7 Å². The van der Waals surface area contributed by atoms with E-state index in [0.717, 1.165) is 6.42 Å². The summed E-state index contributed by atoms with van der Waals surface area (Å²) in [4.78, 5) is 11.3. The molecule has 0 aliphatic heterocycles. The van der Waals surface area contributed by atoms with E-state index in [-0.39, 0.29) is 5.91 Å². The van der Waals surface area contributed by atoms with Crippen molar-refractivity contribution in [3.05, 3.63) is 17.5 Å². The number of hydrogen-bond donors (Lipinski definition) is 2. The van der Waals surface area contributed by atoms with Crippen LogP contribution in [-0.4, -0.2) is 23.7 Å². The van der Waals surface area contributed by atoms with Gasteiger partial charge in [0.05, 0.1) is 9.75 Å². The summed E-state index contributed by atoms with van der Waals surface area (Å²) < 4.78 is 1.27. The molecular weight excluding hydrogens is 240 g/mol. The van der Waals surface area contributed by atoms with Gasteiger partial charge in [-0.1, -0.05) is 13.0 Å². The molecule has 1 heterocycles. The van der Waals surface area contributed by atoms with Crippen molar-refractivity contribution < 1.29 is 4.79 Å². The van der Waals surface area contributed by atoms with Gasteiger partial charge in [0.15, 0.2) is 0 Å².